The third kappa shape index (κ3) is 3.91. The summed E-state index contributed by atoms with van der Waals surface area (Å²) in [5, 5.41) is 11.3. The first-order chi connectivity index (χ1) is 12.0. The van der Waals surface area contributed by atoms with E-state index in [4.69, 9.17) is 11.6 Å². The Morgan fingerprint density at radius 2 is 2.24 bits per heavy atom. The van der Waals surface area contributed by atoms with E-state index in [0.29, 0.717) is 28.3 Å². The molecule has 0 unspecified atom stereocenters. The number of aromatic nitrogens is 4. The first kappa shape index (κ1) is 17.6. The van der Waals surface area contributed by atoms with Crippen LogP contribution in [0.25, 0.3) is 0 Å². The summed E-state index contributed by atoms with van der Waals surface area (Å²) in [5.41, 5.74) is 1.13. The Morgan fingerprint density at radius 3 is 2.96 bits per heavy atom. The van der Waals surface area contributed by atoms with Crippen LogP contribution in [0.2, 0.25) is 5.02 Å². The molecule has 0 aliphatic carbocycles. The normalized spacial score (nSPS) is 10.9. The summed E-state index contributed by atoms with van der Waals surface area (Å²) < 4.78 is 17.0. The van der Waals surface area contributed by atoms with Crippen molar-refractivity contribution in [2.45, 2.75) is 20.0 Å². The number of rotatable bonds is 5. The number of hydrogen-bond acceptors (Lipinski definition) is 3. The van der Waals surface area contributed by atoms with Gasteiger partial charge in [-0.2, -0.15) is 10.2 Å². The number of carbonyl (C=O) groups is 1. The van der Waals surface area contributed by atoms with Gasteiger partial charge in [0.25, 0.3) is 5.91 Å². The molecule has 1 aromatic carbocycles. The number of halogens is 3. The van der Waals surface area contributed by atoms with Crippen molar-refractivity contribution in [3.63, 3.8) is 0 Å². The van der Waals surface area contributed by atoms with Crippen LogP contribution in [0.1, 0.15) is 23.0 Å². The highest BCUT2D eigenvalue weighted by Gasteiger charge is 2.19. The number of nitrogens with one attached hydrogen (secondary N) is 1. The molecular weight excluding hydrogens is 413 g/mol. The number of benzene rings is 1. The molecule has 0 radical (unpaired) electrons. The summed E-state index contributed by atoms with van der Waals surface area (Å²) in [5.74, 6) is -0.454. The number of nitrogens with zero attached hydrogens (tertiary/aromatic N) is 4. The molecular formula is C16H14BrClFN5O. The minimum absolute atomic E-state index is 0.235. The molecule has 0 atom stereocenters. The number of amides is 1. The van der Waals surface area contributed by atoms with Crippen molar-refractivity contribution >= 4 is 39.3 Å². The number of hydrogen-bond donors (Lipinski definition) is 1. The van der Waals surface area contributed by atoms with Crippen molar-refractivity contribution < 1.29 is 9.18 Å². The van der Waals surface area contributed by atoms with Crippen molar-refractivity contribution in [3.8, 4) is 0 Å². The largest absolute Gasteiger partial charge is 0.302 e. The summed E-state index contributed by atoms with van der Waals surface area (Å²) in [6, 6.07) is 6.21. The maximum Gasteiger partial charge on any atom is 0.276 e. The molecule has 1 amide bonds. The predicted octanol–water partition coefficient (Wildman–Crippen LogP) is 3.96. The van der Waals surface area contributed by atoms with Crippen LogP contribution in [-0.4, -0.2) is 25.5 Å². The van der Waals surface area contributed by atoms with Crippen LogP contribution >= 0.6 is 27.5 Å². The van der Waals surface area contributed by atoms with Crippen LogP contribution in [0.15, 0.2) is 41.1 Å². The molecule has 0 saturated carbocycles. The average molecular weight is 427 g/mol. The van der Waals surface area contributed by atoms with Gasteiger partial charge in [-0.1, -0.05) is 23.7 Å². The standard InChI is InChI=1S/C16H14BrClFN5O/c1-2-24-14(12(17)7-20-24)16(25)21-15-13(18)9-23(22-15)8-10-4-3-5-11(19)6-10/h3-7,9H,2,8H2,1H3,(H,21,22,25). The predicted molar refractivity (Wildman–Crippen MR) is 96.3 cm³/mol. The molecule has 130 valence electrons. The highest BCUT2D eigenvalue weighted by Crippen LogP contribution is 2.23. The topological polar surface area (TPSA) is 64.7 Å². The minimum Gasteiger partial charge on any atom is -0.302 e. The van der Waals surface area contributed by atoms with Gasteiger partial charge in [0.05, 0.1) is 17.2 Å². The van der Waals surface area contributed by atoms with Gasteiger partial charge in [0.1, 0.15) is 16.5 Å². The van der Waals surface area contributed by atoms with Crippen molar-refractivity contribution in [1.29, 1.82) is 0 Å². The zero-order valence-electron chi connectivity index (χ0n) is 13.2. The number of aryl methyl sites for hydroxylation is 1. The highest BCUT2D eigenvalue weighted by atomic mass is 79.9. The molecule has 9 heteroatoms. The fraction of sp³-hybridized carbons (Fsp3) is 0.188. The van der Waals surface area contributed by atoms with Crippen LogP contribution in [0.3, 0.4) is 0 Å². The second kappa shape index (κ2) is 7.37. The molecule has 2 heterocycles. The van der Waals surface area contributed by atoms with Crippen LogP contribution in [0.5, 0.6) is 0 Å². The Balaban J connectivity index is 1.78. The average Bonchev–Trinajstić information content (AvgIpc) is 3.10. The van der Waals surface area contributed by atoms with E-state index in [1.54, 1.807) is 33.9 Å². The molecule has 25 heavy (non-hydrogen) atoms. The second-order valence-electron chi connectivity index (χ2n) is 5.26. The second-order valence-corrected chi connectivity index (χ2v) is 6.53. The van der Waals surface area contributed by atoms with Crippen molar-refractivity contribution in [3.05, 3.63) is 63.2 Å². The molecule has 0 spiro atoms. The number of anilines is 1. The van der Waals surface area contributed by atoms with E-state index < -0.39 is 0 Å². The molecule has 0 aliphatic heterocycles. The van der Waals surface area contributed by atoms with Gasteiger partial charge in [0, 0.05) is 12.7 Å². The van der Waals surface area contributed by atoms with Gasteiger partial charge in [-0.3, -0.25) is 14.2 Å². The summed E-state index contributed by atoms with van der Waals surface area (Å²) in [6.45, 7) is 2.77. The quantitative estimate of drug-likeness (QED) is 0.672. The molecule has 0 saturated heterocycles. The van der Waals surface area contributed by atoms with E-state index in [9.17, 15) is 9.18 Å². The summed E-state index contributed by atoms with van der Waals surface area (Å²) >= 11 is 9.46. The molecule has 2 aromatic heterocycles. The van der Waals surface area contributed by atoms with Crippen molar-refractivity contribution in [2.75, 3.05) is 5.32 Å². The number of carbonyl (C=O) groups excluding carboxylic acids is 1. The van der Waals surface area contributed by atoms with E-state index in [0.717, 1.165) is 5.56 Å². The molecule has 6 nitrogen and oxygen atoms in total. The zero-order chi connectivity index (χ0) is 18.0. The third-order valence-electron chi connectivity index (χ3n) is 3.49. The first-order valence-electron chi connectivity index (χ1n) is 7.48. The van der Waals surface area contributed by atoms with Crippen LogP contribution < -0.4 is 5.32 Å². The van der Waals surface area contributed by atoms with Crippen LogP contribution in [0.4, 0.5) is 10.2 Å². The van der Waals surface area contributed by atoms with Gasteiger partial charge in [-0.05, 0) is 40.5 Å². The van der Waals surface area contributed by atoms with E-state index in [-0.39, 0.29) is 17.5 Å². The van der Waals surface area contributed by atoms with Gasteiger partial charge < -0.3 is 5.32 Å². The summed E-state index contributed by atoms with van der Waals surface area (Å²) in [4.78, 5) is 12.5. The lowest BCUT2D eigenvalue weighted by Crippen LogP contribution is -2.18. The van der Waals surface area contributed by atoms with E-state index in [1.807, 2.05) is 6.92 Å². The molecule has 1 N–H and O–H groups in total. The Morgan fingerprint density at radius 1 is 1.44 bits per heavy atom. The smallest absolute Gasteiger partial charge is 0.276 e. The van der Waals surface area contributed by atoms with E-state index in [2.05, 4.69) is 31.4 Å². The maximum absolute atomic E-state index is 13.3. The van der Waals surface area contributed by atoms with E-state index >= 15 is 0 Å². The van der Waals surface area contributed by atoms with Gasteiger partial charge in [0.15, 0.2) is 5.82 Å². The van der Waals surface area contributed by atoms with E-state index in [1.165, 1.54) is 12.1 Å². The lowest BCUT2D eigenvalue weighted by molar-refractivity contribution is 0.101. The van der Waals surface area contributed by atoms with Gasteiger partial charge >= 0.3 is 0 Å². The molecule has 3 aromatic rings. The molecule has 0 aliphatic rings. The lowest BCUT2D eigenvalue weighted by atomic mass is 10.2. The van der Waals surface area contributed by atoms with Gasteiger partial charge in [-0.25, -0.2) is 4.39 Å². The molecule has 0 fully saturated rings. The Labute approximate surface area is 156 Å². The fourth-order valence-corrected chi connectivity index (χ4v) is 3.05. The minimum atomic E-state index is -0.371. The summed E-state index contributed by atoms with van der Waals surface area (Å²) in [7, 11) is 0. The van der Waals surface area contributed by atoms with Crippen LogP contribution in [0, 0.1) is 5.82 Å². The highest BCUT2D eigenvalue weighted by molar-refractivity contribution is 9.10. The molecule has 3 rings (SSSR count). The zero-order valence-corrected chi connectivity index (χ0v) is 15.6. The Bertz CT molecular complexity index is 923. The third-order valence-corrected chi connectivity index (χ3v) is 4.35. The monoisotopic (exact) mass is 425 g/mol. The van der Waals surface area contributed by atoms with Gasteiger partial charge in [0.2, 0.25) is 0 Å². The lowest BCUT2D eigenvalue weighted by Gasteiger charge is -2.06. The maximum atomic E-state index is 13.3. The van der Waals surface area contributed by atoms with Crippen molar-refractivity contribution in [2.24, 2.45) is 0 Å². The SMILES string of the molecule is CCn1ncc(Br)c1C(=O)Nc1nn(Cc2cccc(F)c2)cc1Cl. The van der Waals surface area contributed by atoms with Crippen molar-refractivity contribution in [1.82, 2.24) is 19.6 Å². The van der Waals surface area contributed by atoms with Gasteiger partial charge in [-0.15, -0.1) is 0 Å². The molecule has 0 bridgehead atoms. The summed E-state index contributed by atoms with van der Waals surface area (Å²) in [6.07, 6.45) is 3.14. The Hall–Kier alpha value is -2.19. The first-order valence-corrected chi connectivity index (χ1v) is 8.65. The van der Waals surface area contributed by atoms with Crippen LogP contribution in [-0.2, 0) is 13.1 Å². The fourth-order valence-electron chi connectivity index (χ4n) is 2.38. The Kier molecular flexibility index (Phi) is 5.19.